The van der Waals surface area contributed by atoms with E-state index in [1.807, 2.05) is 24.3 Å². The van der Waals surface area contributed by atoms with E-state index in [-0.39, 0.29) is 5.91 Å². The number of hydrogen-bond acceptors (Lipinski definition) is 4. The summed E-state index contributed by atoms with van der Waals surface area (Å²) in [6, 6.07) is 21.7. The van der Waals surface area contributed by atoms with E-state index in [2.05, 4.69) is 26.2 Å². The van der Waals surface area contributed by atoms with E-state index < -0.39 is 0 Å². The molecule has 1 N–H and O–H groups in total. The van der Waals surface area contributed by atoms with Crippen molar-refractivity contribution in [3.8, 4) is 22.8 Å². The summed E-state index contributed by atoms with van der Waals surface area (Å²) < 4.78 is 12.6. The second-order valence-electron chi connectivity index (χ2n) is 7.36. The smallest absolute Gasteiger partial charge is 0.248 e. The molecule has 0 unspecified atom stereocenters. The molecule has 0 aliphatic carbocycles. The molecule has 0 aliphatic heterocycles. The average Bonchev–Trinajstić information content (AvgIpc) is 3.46. The molecule has 0 aliphatic rings. The van der Waals surface area contributed by atoms with Gasteiger partial charge in [0, 0.05) is 32.4 Å². The van der Waals surface area contributed by atoms with Crippen LogP contribution in [0.5, 0.6) is 0 Å². The van der Waals surface area contributed by atoms with Crippen molar-refractivity contribution >= 4 is 67.9 Å². The Morgan fingerprint density at radius 3 is 2.71 bits per heavy atom. The van der Waals surface area contributed by atoms with E-state index in [1.54, 1.807) is 54.6 Å². The molecule has 5 nitrogen and oxygen atoms in total. The number of rotatable bonds is 5. The summed E-state index contributed by atoms with van der Waals surface area (Å²) >= 11 is 15.7. The highest BCUT2D eigenvalue weighted by Crippen LogP contribution is 2.32. The molecule has 0 radical (unpaired) electrons. The van der Waals surface area contributed by atoms with Crippen LogP contribution in [0.1, 0.15) is 5.76 Å². The van der Waals surface area contributed by atoms with E-state index in [9.17, 15) is 4.79 Å². The molecule has 0 saturated carbocycles. The predicted molar refractivity (Wildman–Crippen MR) is 139 cm³/mol. The fourth-order valence-electron chi connectivity index (χ4n) is 3.37. The molecule has 5 rings (SSSR count). The molecule has 2 aromatic heterocycles. The molecule has 168 valence electrons. The highest BCUT2D eigenvalue weighted by molar-refractivity contribution is 9.10. The van der Waals surface area contributed by atoms with Gasteiger partial charge in [-0.15, -0.1) is 0 Å². The Labute approximate surface area is 213 Å². The number of oxazole rings is 1. The second kappa shape index (κ2) is 9.50. The summed E-state index contributed by atoms with van der Waals surface area (Å²) in [5.74, 6) is 1.26. The molecule has 5 aromatic rings. The van der Waals surface area contributed by atoms with Crippen LogP contribution in [-0.4, -0.2) is 10.9 Å². The van der Waals surface area contributed by atoms with Crippen LogP contribution < -0.4 is 5.32 Å². The van der Waals surface area contributed by atoms with Crippen LogP contribution in [0.4, 0.5) is 5.69 Å². The summed E-state index contributed by atoms with van der Waals surface area (Å²) in [7, 11) is 0. The number of hydrogen-bond donors (Lipinski definition) is 1. The lowest BCUT2D eigenvalue weighted by Gasteiger charge is -2.01. The third-order valence-corrected chi connectivity index (χ3v) is 6.00. The lowest BCUT2D eigenvalue weighted by atomic mass is 10.2. The molecular formula is C26H15BrCl2N2O3. The normalized spacial score (nSPS) is 11.4. The Balaban J connectivity index is 1.29. The minimum absolute atomic E-state index is 0.311. The van der Waals surface area contributed by atoms with Crippen molar-refractivity contribution < 1.29 is 13.6 Å². The van der Waals surface area contributed by atoms with Gasteiger partial charge in [0.1, 0.15) is 17.0 Å². The van der Waals surface area contributed by atoms with Crippen molar-refractivity contribution in [1.82, 2.24) is 4.98 Å². The van der Waals surface area contributed by atoms with Crippen molar-refractivity contribution in [2.45, 2.75) is 0 Å². The minimum atomic E-state index is -0.311. The zero-order valence-electron chi connectivity index (χ0n) is 17.4. The average molecular weight is 554 g/mol. The zero-order chi connectivity index (χ0) is 23.7. The van der Waals surface area contributed by atoms with Gasteiger partial charge in [0.2, 0.25) is 11.8 Å². The summed E-state index contributed by atoms with van der Waals surface area (Å²) in [6.45, 7) is 0. The van der Waals surface area contributed by atoms with Crippen molar-refractivity contribution in [2.75, 3.05) is 5.32 Å². The standard InChI is InChI=1S/C26H15BrCl2N2O3/c27-16-3-1-2-15(12-16)26-31-22-14-18(5-9-24(22)34-26)30-25(32)11-7-19-6-10-23(33-19)20-13-17(28)4-8-21(20)29/h1-14H,(H,30,32)/b11-7+. The predicted octanol–water partition coefficient (Wildman–Crippen LogP) is 8.48. The third-order valence-electron chi connectivity index (χ3n) is 4.95. The monoisotopic (exact) mass is 552 g/mol. The van der Waals surface area contributed by atoms with Gasteiger partial charge in [0.05, 0.1) is 5.02 Å². The highest BCUT2D eigenvalue weighted by Gasteiger charge is 2.11. The summed E-state index contributed by atoms with van der Waals surface area (Å²) in [4.78, 5) is 17.0. The maximum Gasteiger partial charge on any atom is 0.248 e. The molecule has 2 heterocycles. The van der Waals surface area contributed by atoms with Crippen LogP contribution >= 0.6 is 39.1 Å². The zero-order valence-corrected chi connectivity index (χ0v) is 20.5. The largest absolute Gasteiger partial charge is 0.457 e. The minimum Gasteiger partial charge on any atom is -0.457 e. The Hall–Kier alpha value is -3.32. The Morgan fingerprint density at radius 1 is 0.971 bits per heavy atom. The van der Waals surface area contributed by atoms with Crippen molar-refractivity contribution in [1.29, 1.82) is 0 Å². The second-order valence-corrected chi connectivity index (χ2v) is 9.12. The van der Waals surface area contributed by atoms with Crippen LogP contribution in [0.2, 0.25) is 10.0 Å². The fourth-order valence-corrected chi connectivity index (χ4v) is 4.15. The van der Waals surface area contributed by atoms with Crippen LogP contribution in [-0.2, 0) is 4.79 Å². The number of nitrogens with one attached hydrogen (secondary N) is 1. The number of benzene rings is 3. The van der Waals surface area contributed by atoms with Crippen LogP contribution in [0.3, 0.4) is 0 Å². The quantitative estimate of drug-likeness (QED) is 0.221. The number of aromatic nitrogens is 1. The first-order valence-electron chi connectivity index (χ1n) is 10.2. The van der Waals surface area contributed by atoms with E-state index in [0.29, 0.717) is 49.8 Å². The molecule has 0 atom stereocenters. The van der Waals surface area contributed by atoms with Gasteiger partial charge in [-0.25, -0.2) is 4.98 Å². The molecule has 8 heteroatoms. The van der Waals surface area contributed by atoms with Gasteiger partial charge in [0.25, 0.3) is 0 Å². The fraction of sp³-hybridized carbons (Fsp3) is 0. The Bertz CT molecular complexity index is 1560. The molecule has 0 spiro atoms. The lowest BCUT2D eigenvalue weighted by Crippen LogP contribution is -2.07. The summed E-state index contributed by atoms with van der Waals surface area (Å²) in [5.41, 5.74) is 3.41. The van der Waals surface area contributed by atoms with Crippen LogP contribution in [0.25, 0.3) is 40.0 Å². The molecule has 1 amide bonds. The number of anilines is 1. The Kier molecular flexibility index (Phi) is 6.28. The Morgan fingerprint density at radius 2 is 1.85 bits per heavy atom. The van der Waals surface area contributed by atoms with Gasteiger partial charge < -0.3 is 14.2 Å². The topological polar surface area (TPSA) is 68.3 Å². The number of carbonyl (C=O) groups is 1. The van der Waals surface area contributed by atoms with E-state index in [0.717, 1.165) is 10.0 Å². The number of nitrogens with zero attached hydrogens (tertiary/aromatic N) is 1. The molecule has 0 fully saturated rings. The third kappa shape index (κ3) is 4.94. The summed E-state index contributed by atoms with van der Waals surface area (Å²) in [5, 5.41) is 3.90. The molecule has 3 aromatic carbocycles. The maximum absolute atomic E-state index is 12.4. The van der Waals surface area contributed by atoms with E-state index in [4.69, 9.17) is 32.0 Å². The van der Waals surface area contributed by atoms with Crippen molar-refractivity contribution in [2.24, 2.45) is 0 Å². The number of halogens is 3. The van der Waals surface area contributed by atoms with E-state index in [1.165, 1.54) is 6.08 Å². The van der Waals surface area contributed by atoms with Gasteiger partial charge in [-0.05, 0) is 72.8 Å². The summed E-state index contributed by atoms with van der Waals surface area (Å²) in [6.07, 6.45) is 2.97. The van der Waals surface area contributed by atoms with Crippen LogP contribution in [0, 0.1) is 0 Å². The first-order chi connectivity index (χ1) is 16.4. The molecule has 0 saturated heterocycles. The van der Waals surface area contributed by atoms with E-state index >= 15 is 0 Å². The number of fused-ring (bicyclic) bond motifs is 1. The first-order valence-corrected chi connectivity index (χ1v) is 11.7. The highest BCUT2D eigenvalue weighted by atomic mass is 79.9. The van der Waals surface area contributed by atoms with Gasteiger partial charge in [-0.3, -0.25) is 4.79 Å². The number of carbonyl (C=O) groups excluding carboxylic acids is 1. The number of furan rings is 1. The number of amides is 1. The SMILES string of the molecule is O=C(/C=C/c1ccc(-c2cc(Cl)ccc2Cl)o1)Nc1ccc2oc(-c3cccc(Br)c3)nc2c1. The van der Waals surface area contributed by atoms with Crippen LogP contribution in [0.15, 0.2) is 92.2 Å². The first kappa shape index (κ1) is 22.5. The van der Waals surface area contributed by atoms with Gasteiger partial charge in [-0.1, -0.05) is 45.2 Å². The lowest BCUT2D eigenvalue weighted by molar-refractivity contribution is -0.111. The van der Waals surface area contributed by atoms with Gasteiger partial charge in [0.15, 0.2) is 5.58 Å². The molecule has 0 bridgehead atoms. The maximum atomic E-state index is 12.4. The van der Waals surface area contributed by atoms with Crippen molar-refractivity contribution in [3.63, 3.8) is 0 Å². The van der Waals surface area contributed by atoms with Gasteiger partial charge >= 0.3 is 0 Å². The molecule has 34 heavy (non-hydrogen) atoms. The molecular weight excluding hydrogens is 539 g/mol. The van der Waals surface area contributed by atoms with Gasteiger partial charge in [-0.2, -0.15) is 0 Å². The van der Waals surface area contributed by atoms with Crippen molar-refractivity contribution in [3.05, 3.63) is 99.2 Å².